The van der Waals surface area contributed by atoms with Crippen molar-refractivity contribution in [2.45, 2.75) is 32.1 Å². The zero-order valence-electron chi connectivity index (χ0n) is 11.3. The van der Waals surface area contributed by atoms with E-state index < -0.39 is 0 Å². The first-order chi connectivity index (χ1) is 9.33. The molecular weight excluding hydrogens is 228 g/mol. The van der Waals surface area contributed by atoms with Crippen LogP contribution in [0.25, 0.3) is 21.5 Å². The van der Waals surface area contributed by atoms with E-state index in [4.69, 9.17) is 0 Å². The van der Waals surface area contributed by atoms with Crippen LogP contribution in [0.5, 0.6) is 0 Å². The second kappa shape index (κ2) is 4.09. The van der Waals surface area contributed by atoms with Crippen LogP contribution in [0.15, 0.2) is 48.5 Å². The molecule has 0 spiro atoms. The molecule has 0 N–H and O–H groups in total. The van der Waals surface area contributed by atoms with Crippen molar-refractivity contribution in [1.82, 2.24) is 0 Å². The molecule has 0 bridgehead atoms. The Morgan fingerprint density at radius 2 is 1.68 bits per heavy atom. The topological polar surface area (TPSA) is 0 Å². The van der Waals surface area contributed by atoms with E-state index in [-0.39, 0.29) is 0 Å². The summed E-state index contributed by atoms with van der Waals surface area (Å²) >= 11 is 0. The van der Waals surface area contributed by atoms with Gasteiger partial charge in [0.25, 0.3) is 0 Å². The fourth-order valence-electron chi connectivity index (χ4n) is 3.57. The summed E-state index contributed by atoms with van der Waals surface area (Å²) in [5.41, 5.74) is 3.18. The summed E-state index contributed by atoms with van der Waals surface area (Å²) in [6.07, 6.45) is 3.92. The average Bonchev–Trinajstić information content (AvgIpc) is 2.45. The molecule has 1 unspecified atom stereocenters. The van der Waals surface area contributed by atoms with Crippen molar-refractivity contribution in [3.63, 3.8) is 0 Å². The lowest BCUT2D eigenvalue weighted by atomic mass is 9.81. The van der Waals surface area contributed by atoms with Gasteiger partial charge in [-0.2, -0.15) is 0 Å². The van der Waals surface area contributed by atoms with Gasteiger partial charge in [-0.1, -0.05) is 43.3 Å². The van der Waals surface area contributed by atoms with E-state index in [1.54, 1.807) is 11.1 Å². The second-order valence-electron chi connectivity index (χ2n) is 5.85. The first-order valence-electron chi connectivity index (χ1n) is 7.27. The fourth-order valence-corrected chi connectivity index (χ4v) is 3.57. The largest absolute Gasteiger partial charge is 0.0616 e. The summed E-state index contributed by atoms with van der Waals surface area (Å²) < 4.78 is 0. The molecule has 0 saturated heterocycles. The summed E-state index contributed by atoms with van der Waals surface area (Å²) in [7, 11) is 0. The predicted molar refractivity (Wildman–Crippen MR) is 82.8 cm³/mol. The van der Waals surface area contributed by atoms with Crippen LogP contribution < -0.4 is 0 Å². The Morgan fingerprint density at radius 3 is 2.53 bits per heavy atom. The van der Waals surface area contributed by atoms with Crippen molar-refractivity contribution in [1.29, 1.82) is 0 Å². The van der Waals surface area contributed by atoms with Gasteiger partial charge in [0, 0.05) is 0 Å². The van der Waals surface area contributed by atoms with Gasteiger partial charge in [0.1, 0.15) is 0 Å². The normalized spacial score (nSPS) is 18.7. The van der Waals surface area contributed by atoms with Gasteiger partial charge in [0.05, 0.1) is 0 Å². The molecule has 1 aliphatic carbocycles. The number of aryl methyl sites for hydroxylation is 1. The fraction of sp³-hybridized carbons (Fsp3) is 0.263. The highest BCUT2D eigenvalue weighted by molar-refractivity contribution is 6.00. The molecule has 0 amide bonds. The molecule has 19 heavy (non-hydrogen) atoms. The van der Waals surface area contributed by atoms with E-state index in [0.29, 0.717) is 0 Å². The lowest BCUT2D eigenvalue weighted by molar-refractivity contribution is 0.593. The molecule has 0 radical (unpaired) electrons. The van der Waals surface area contributed by atoms with E-state index in [9.17, 15) is 0 Å². The predicted octanol–water partition coefficient (Wildman–Crippen LogP) is 5.43. The van der Waals surface area contributed by atoms with E-state index in [1.807, 2.05) is 0 Å². The van der Waals surface area contributed by atoms with Gasteiger partial charge in [0.15, 0.2) is 0 Å². The average molecular weight is 246 g/mol. The maximum Gasteiger partial charge on any atom is -0.0143 e. The molecule has 0 saturated carbocycles. The highest BCUT2D eigenvalue weighted by Gasteiger charge is 2.18. The molecule has 0 nitrogen and oxygen atoms in total. The molecule has 1 atom stereocenters. The van der Waals surface area contributed by atoms with Crippen LogP contribution in [0.4, 0.5) is 0 Å². The van der Waals surface area contributed by atoms with E-state index >= 15 is 0 Å². The van der Waals surface area contributed by atoms with Crippen LogP contribution in [0, 0.1) is 0 Å². The molecule has 0 heterocycles. The Bertz CT molecular complexity index is 767. The molecule has 0 fully saturated rings. The number of hydrogen-bond donors (Lipinski definition) is 0. The molecule has 94 valence electrons. The van der Waals surface area contributed by atoms with E-state index in [1.165, 1.54) is 40.8 Å². The van der Waals surface area contributed by atoms with Crippen molar-refractivity contribution >= 4 is 21.5 Å². The van der Waals surface area contributed by atoms with Crippen LogP contribution >= 0.6 is 0 Å². The first-order valence-corrected chi connectivity index (χ1v) is 7.27. The number of hydrogen-bond acceptors (Lipinski definition) is 0. The third-order valence-corrected chi connectivity index (χ3v) is 4.63. The quantitative estimate of drug-likeness (QED) is 0.464. The highest BCUT2D eigenvalue weighted by Crippen LogP contribution is 2.36. The summed E-state index contributed by atoms with van der Waals surface area (Å²) in [6.45, 7) is 2.37. The van der Waals surface area contributed by atoms with Gasteiger partial charge in [-0.3, -0.25) is 0 Å². The van der Waals surface area contributed by atoms with Gasteiger partial charge < -0.3 is 0 Å². The first kappa shape index (κ1) is 11.0. The number of fused-ring (bicyclic) bond motifs is 4. The smallest absolute Gasteiger partial charge is 0.0143 e. The Kier molecular flexibility index (Phi) is 2.38. The van der Waals surface area contributed by atoms with Crippen molar-refractivity contribution in [2.24, 2.45) is 0 Å². The Balaban J connectivity index is 2.10. The lowest BCUT2D eigenvalue weighted by Gasteiger charge is -2.24. The minimum atomic E-state index is 0.722. The van der Waals surface area contributed by atoms with Crippen LogP contribution in [0.3, 0.4) is 0 Å². The number of rotatable bonds is 0. The maximum absolute atomic E-state index is 2.39. The zero-order valence-corrected chi connectivity index (χ0v) is 11.3. The molecule has 0 heteroatoms. The Morgan fingerprint density at radius 1 is 0.895 bits per heavy atom. The van der Waals surface area contributed by atoms with E-state index in [0.717, 1.165) is 5.92 Å². The lowest BCUT2D eigenvalue weighted by Crippen LogP contribution is -2.07. The monoisotopic (exact) mass is 246 g/mol. The molecule has 1 aliphatic rings. The minimum absolute atomic E-state index is 0.722. The molecule has 0 aliphatic heterocycles. The standard InChI is InChI=1S/C19H18/c1-13-5-4-8-18-17(13)10-9-16-11-14-6-2-3-7-15(14)12-19(16)18/h2-3,6-7,9-13H,4-5,8H2,1H3. The zero-order chi connectivity index (χ0) is 12.8. The van der Waals surface area contributed by atoms with Crippen LogP contribution in [0.2, 0.25) is 0 Å². The number of benzene rings is 3. The summed E-state index contributed by atoms with van der Waals surface area (Å²) in [5.74, 6) is 0.722. The Labute approximate surface area is 114 Å². The van der Waals surface area contributed by atoms with Crippen LogP contribution in [-0.2, 0) is 6.42 Å². The SMILES string of the molecule is CC1CCCc2c1ccc1cc3ccccc3cc21. The van der Waals surface area contributed by atoms with Crippen molar-refractivity contribution in [3.05, 3.63) is 59.7 Å². The van der Waals surface area contributed by atoms with Gasteiger partial charge in [-0.05, 0) is 70.0 Å². The van der Waals surface area contributed by atoms with Crippen molar-refractivity contribution in [2.75, 3.05) is 0 Å². The highest BCUT2D eigenvalue weighted by atomic mass is 14.2. The summed E-state index contributed by atoms with van der Waals surface area (Å²) in [4.78, 5) is 0. The van der Waals surface area contributed by atoms with Crippen molar-refractivity contribution in [3.8, 4) is 0 Å². The van der Waals surface area contributed by atoms with Crippen LogP contribution in [-0.4, -0.2) is 0 Å². The third-order valence-electron chi connectivity index (χ3n) is 4.63. The molecular formula is C19H18. The van der Waals surface area contributed by atoms with Gasteiger partial charge in [0.2, 0.25) is 0 Å². The van der Waals surface area contributed by atoms with Crippen LogP contribution in [0.1, 0.15) is 36.8 Å². The summed E-state index contributed by atoms with van der Waals surface area (Å²) in [6, 6.07) is 18.1. The van der Waals surface area contributed by atoms with Gasteiger partial charge in [-0.15, -0.1) is 0 Å². The summed E-state index contributed by atoms with van der Waals surface area (Å²) in [5, 5.41) is 5.58. The molecule has 0 aromatic heterocycles. The maximum atomic E-state index is 2.39. The Hall–Kier alpha value is -1.82. The molecule has 4 rings (SSSR count). The minimum Gasteiger partial charge on any atom is -0.0616 e. The third kappa shape index (κ3) is 1.67. The second-order valence-corrected chi connectivity index (χ2v) is 5.85. The van der Waals surface area contributed by atoms with Crippen molar-refractivity contribution < 1.29 is 0 Å². The van der Waals surface area contributed by atoms with Gasteiger partial charge >= 0.3 is 0 Å². The van der Waals surface area contributed by atoms with E-state index in [2.05, 4.69) is 55.5 Å². The molecule has 3 aromatic rings. The molecule has 3 aromatic carbocycles. The van der Waals surface area contributed by atoms with Gasteiger partial charge in [-0.25, -0.2) is 0 Å².